The van der Waals surface area contributed by atoms with Crippen molar-refractivity contribution in [3.05, 3.63) is 56.8 Å². The second-order valence-electron chi connectivity index (χ2n) is 8.47. The van der Waals surface area contributed by atoms with Crippen LogP contribution in [0.15, 0.2) is 50.8 Å². The van der Waals surface area contributed by atoms with Gasteiger partial charge in [-0.3, -0.25) is 14.6 Å². The summed E-state index contributed by atoms with van der Waals surface area (Å²) in [5.41, 5.74) is 2.02. The number of aromatic nitrogens is 3. The molecule has 0 fully saturated rings. The maximum atomic E-state index is 13.5. The van der Waals surface area contributed by atoms with Gasteiger partial charge in [0, 0.05) is 22.2 Å². The fraction of sp³-hybridized carbons (Fsp3) is 0.385. The van der Waals surface area contributed by atoms with Crippen LogP contribution in [-0.4, -0.2) is 36.0 Å². The van der Waals surface area contributed by atoms with Gasteiger partial charge in [0.2, 0.25) is 11.1 Å². The Morgan fingerprint density at radius 3 is 2.67 bits per heavy atom. The van der Waals surface area contributed by atoms with E-state index in [-0.39, 0.29) is 11.5 Å². The number of halogens is 1. The van der Waals surface area contributed by atoms with E-state index in [4.69, 9.17) is 14.6 Å². The number of rotatable bonds is 9. The summed E-state index contributed by atoms with van der Waals surface area (Å²) in [6.45, 7) is 3.68. The van der Waals surface area contributed by atoms with Crippen molar-refractivity contribution in [1.29, 1.82) is 0 Å². The van der Waals surface area contributed by atoms with E-state index in [0.717, 1.165) is 29.5 Å². The summed E-state index contributed by atoms with van der Waals surface area (Å²) in [7, 11) is 3.11. The van der Waals surface area contributed by atoms with Crippen molar-refractivity contribution in [2.24, 2.45) is 0 Å². The molecule has 0 aliphatic carbocycles. The molecule has 36 heavy (non-hydrogen) atoms. The number of aromatic amines is 1. The molecule has 1 aromatic heterocycles. The molecule has 10 heteroatoms. The molecule has 8 nitrogen and oxygen atoms in total. The van der Waals surface area contributed by atoms with Crippen molar-refractivity contribution in [3.8, 4) is 22.8 Å². The molecule has 0 saturated heterocycles. The van der Waals surface area contributed by atoms with Crippen LogP contribution in [0, 0.1) is 0 Å². The number of para-hydroxylation sites is 1. The molecule has 0 saturated carbocycles. The van der Waals surface area contributed by atoms with Crippen LogP contribution < -0.4 is 24.6 Å². The second kappa shape index (κ2) is 11.5. The lowest BCUT2D eigenvalue weighted by Gasteiger charge is -2.32. The largest absolute Gasteiger partial charge is 0.493 e. The van der Waals surface area contributed by atoms with E-state index in [1.54, 1.807) is 29.9 Å². The summed E-state index contributed by atoms with van der Waals surface area (Å²) < 4.78 is 13.7. The van der Waals surface area contributed by atoms with Gasteiger partial charge in [0.25, 0.3) is 6.17 Å². The Hall–Kier alpha value is -2.85. The number of H-pyrrole nitrogens is 1. The van der Waals surface area contributed by atoms with Gasteiger partial charge < -0.3 is 9.47 Å². The highest BCUT2D eigenvalue weighted by molar-refractivity contribution is 9.10. The number of anilines is 1. The van der Waals surface area contributed by atoms with Gasteiger partial charge in [-0.2, -0.15) is 0 Å². The first-order chi connectivity index (χ1) is 17.4. The molecule has 0 spiro atoms. The molecule has 190 valence electrons. The number of methoxy groups -OCH3 is 2. The minimum atomic E-state index is -0.768. The van der Waals surface area contributed by atoms with Gasteiger partial charge >= 0.3 is 11.3 Å². The van der Waals surface area contributed by atoms with E-state index in [1.807, 2.05) is 30.3 Å². The van der Waals surface area contributed by atoms with Gasteiger partial charge in [0.15, 0.2) is 11.5 Å². The van der Waals surface area contributed by atoms with E-state index >= 15 is 0 Å². The standard InChI is InChI=1S/C26H29BrN4O4S/c1-5-6-7-10-13-36-26-28-24(33)22-18-11-8-9-12-20(18)30(16(2)32)25(31(22)29-26)19-14-17(27)15-21(34-3)23(19)35-4/h8-9,11-12,14-15,25H,5-7,10,13H2,1-4H3/p+1/t25-/m0/s1. The van der Waals surface area contributed by atoms with E-state index < -0.39 is 6.17 Å². The van der Waals surface area contributed by atoms with E-state index in [9.17, 15) is 9.59 Å². The highest BCUT2D eigenvalue weighted by Gasteiger charge is 2.46. The average Bonchev–Trinajstić information content (AvgIpc) is 2.86. The topological polar surface area (TPSA) is 88.4 Å². The monoisotopic (exact) mass is 573 g/mol. The average molecular weight is 575 g/mol. The zero-order valence-electron chi connectivity index (χ0n) is 20.8. The molecule has 1 N–H and O–H groups in total. The Morgan fingerprint density at radius 1 is 1.19 bits per heavy atom. The molecule has 1 amide bonds. The van der Waals surface area contributed by atoms with Crippen molar-refractivity contribution in [2.45, 2.75) is 50.9 Å². The molecule has 0 unspecified atom stereocenters. The number of unbranched alkanes of at least 4 members (excludes halogenated alkanes) is 3. The molecular formula is C26H30BrN4O4S+. The predicted octanol–water partition coefficient (Wildman–Crippen LogP) is 5.09. The maximum Gasteiger partial charge on any atom is 0.325 e. The molecule has 2 aromatic carbocycles. The number of benzene rings is 2. The number of ether oxygens (including phenoxy) is 2. The Morgan fingerprint density at radius 2 is 1.97 bits per heavy atom. The van der Waals surface area contributed by atoms with Crippen LogP contribution >= 0.6 is 27.7 Å². The van der Waals surface area contributed by atoms with Crippen molar-refractivity contribution >= 4 is 39.3 Å². The molecule has 2 heterocycles. The summed E-state index contributed by atoms with van der Waals surface area (Å²) in [6, 6.07) is 11.0. The lowest BCUT2D eigenvalue weighted by Crippen LogP contribution is -2.60. The Balaban J connectivity index is 1.95. The quantitative estimate of drug-likeness (QED) is 0.218. The molecule has 1 aliphatic rings. The first kappa shape index (κ1) is 26.2. The highest BCUT2D eigenvalue weighted by Crippen LogP contribution is 2.43. The number of fused-ring (bicyclic) bond motifs is 3. The van der Waals surface area contributed by atoms with Gasteiger partial charge in [0.05, 0.1) is 31.0 Å². The molecular weight excluding hydrogens is 544 g/mol. The summed E-state index contributed by atoms with van der Waals surface area (Å²) in [6.07, 6.45) is 3.74. The molecule has 0 radical (unpaired) electrons. The van der Waals surface area contributed by atoms with Gasteiger partial charge in [-0.25, -0.2) is 4.90 Å². The zero-order valence-corrected chi connectivity index (χ0v) is 23.2. The number of nitrogens with zero attached hydrogens (tertiary/aromatic N) is 3. The number of thioether (sulfide) groups is 1. The Labute approximate surface area is 223 Å². The minimum absolute atomic E-state index is 0.192. The number of carbonyl (C=O) groups excluding carboxylic acids is 1. The van der Waals surface area contributed by atoms with Crippen LogP contribution in [0.1, 0.15) is 51.3 Å². The van der Waals surface area contributed by atoms with Gasteiger partial charge in [-0.15, -0.1) is 0 Å². The van der Waals surface area contributed by atoms with Crippen LogP contribution in [0.5, 0.6) is 11.5 Å². The summed E-state index contributed by atoms with van der Waals surface area (Å²) in [4.78, 5) is 31.2. The van der Waals surface area contributed by atoms with Gasteiger partial charge in [0.1, 0.15) is 0 Å². The fourth-order valence-electron chi connectivity index (χ4n) is 4.51. The third kappa shape index (κ3) is 5.01. The minimum Gasteiger partial charge on any atom is -0.493 e. The van der Waals surface area contributed by atoms with E-state index in [2.05, 4.69) is 27.8 Å². The fourth-order valence-corrected chi connectivity index (χ4v) is 5.81. The summed E-state index contributed by atoms with van der Waals surface area (Å²) >= 11 is 5.07. The first-order valence-corrected chi connectivity index (χ1v) is 13.7. The second-order valence-corrected chi connectivity index (χ2v) is 10.5. The van der Waals surface area contributed by atoms with Crippen LogP contribution in [-0.2, 0) is 4.79 Å². The maximum absolute atomic E-state index is 13.5. The first-order valence-electron chi connectivity index (χ1n) is 11.9. The number of carbonyl (C=O) groups is 1. The van der Waals surface area contributed by atoms with Crippen molar-refractivity contribution < 1.29 is 19.0 Å². The van der Waals surface area contributed by atoms with E-state index in [0.29, 0.717) is 39.2 Å². The number of hydrogen-bond donors (Lipinski definition) is 1. The molecule has 4 rings (SSSR count). The van der Waals surface area contributed by atoms with E-state index in [1.165, 1.54) is 25.1 Å². The third-order valence-corrected chi connectivity index (χ3v) is 7.49. The number of hydrogen-bond acceptors (Lipinski definition) is 6. The smallest absolute Gasteiger partial charge is 0.325 e. The predicted molar refractivity (Wildman–Crippen MR) is 144 cm³/mol. The van der Waals surface area contributed by atoms with Crippen molar-refractivity contribution in [1.82, 2.24) is 10.1 Å². The van der Waals surface area contributed by atoms with Gasteiger partial charge in [-0.05, 0) is 35.4 Å². The van der Waals surface area contributed by atoms with Gasteiger partial charge in [-0.1, -0.05) is 66.0 Å². The van der Waals surface area contributed by atoms with Crippen molar-refractivity contribution in [2.75, 3.05) is 24.9 Å². The number of nitrogens with one attached hydrogen (secondary N) is 1. The molecule has 3 aromatic rings. The van der Waals surface area contributed by atoms with Crippen LogP contribution in [0.3, 0.4) is 0 Å². The zero-order chi connectivity index (χ0) is 25.8. The molecule has 0 bridgehead atoms. The summed E-state index contributed by atoms with van der Waals surface area (Å²) in [5.74, 6) is 1.61. The van der Waals surface area contributed by atoms with Crippen molar-refractivity contribution in [3.63, 3.8) is 0 Å². The lowest BCUT2D eigenvalue weighted by atomic mass is 10.0. The Kier molecular flexibility index (Phi) is 8.35. The number of amides is 1. The highest BCUT2D eigenvalue weighted by atomic mass is 79.9. The van der Waals surface area contributed by atoms with Crippen LogP contribution in [0.4, 0.5) is 5.69 Å². The summed E-state index contributed by atoms with van der Waals surface area (Å²) in [5, 5.41) is 5.37. The molecule has 1 aliphatic heterocycles. The lowest BCUT2D eigenvalue weighted by molar-refractivity contribution is -0.763. The van der Waals surface area contributed by atoms with Crippen LogP contribution in [0.25, 0.3) is 11.3 Å². The molecule has 1 atom stereocenters. The Bertz CT molecular complexity index is 1330. The third-order valence-electron chi connectivity index (χ3n) is 6.08. The SMILES string of the molecule is CCCCCCSc1n[n+]2c(c(=O)[nH]1)-c1ccccc1N(C(C)=O)[C@@H]2c1cc(Br)cc(OC)c1OC. The van der Waals surface area contributed by atoms with Crippen LogP contribution in [0.2, 0.25) is 0 Å². The normalized spacial score (nSPS) is 14.2.